The number of methoxy groups -OCH3 is 1. The van der Waals surface area contributed by atoms with Crippen LogP contribution in [0.25, 0.3) is 0 Å². The van der Waals surface area contributed by atoms with E-state index in [1.807, 2.05) is 26.9 Å². The predicted octanol–water partition coefficient (Wildman–Crippen LogP) is 8.66. The number of ether oxygens (including phenoxy) is 3. The van der Waals surface area contributed by atoms with Gasteiger partial charge in [0.05, 0.1) is 24.7 Å². The number of carbonyl (C=O) groups is 4. The fourth-order valence-electron chi connectivity index (χ4n) is 7.85. The van der Waals surface area contributed by atoms with Gasteiger partial charge in [0.15, 0.2) is 16.6 Å². The third kappa shape index (κ3) is 11.6. The summed E-state index contributed by atoms with van der Waals surface area (Å²) < 4.78 is 32.2. The smallest absolute Gasteiger partial charge is 0.329 e. The topological polar surface area (TPSA) is 138 Å². The van der Waals surface area contributed by atoms with Gasteiger partial charge in [-0.15, -0.1) is 6.58 Å². The lowest BCUT2D eigenvalue weighted by Crippen LogP contribution is -2.65. The maximum atomic E-state index is 14.7. The molecule has 0 radical (unpaired) electrons. The zero-order valence-corrected chi connectivity index (χ0v) is 38.5. The highest BCUT2D eigenvalue weighted by atomic mass is 28.4. The molecule has 1 aliphatic carbocycles. The van der Waals surface area contributed by atoms with E-state index in [0.717, 1.165) is 19.3 Å². The molecule has 2 unspecified atom stereocenters. The molecule has 3 aliphatic rings. The number of hydrogen-bond acceptors (Lipinski definition) is 9. The van der Waals surface area contributed by atoms with E-state index in [-0.39, 0.29) is 53.2 Å². The number of amides is 1. The number of piperidine rings is 1. The molecule has 0 aromatic carbocycles. The summed E-state index contributed by atoms with van der Waals surface area (Å²) in [5.74, 6) is -5.60. The summed E-state index contributed by atoms with van der Waals surface area (Å²) in [7, 11) is -2.94. The molecule has 1 amide bonds. The zero-order valence-electron chi connectivity index (χ0n) is 36.5. The second-order valence-electron chi connectivity index (χ2n) is 19.8. The lowest BCUT2D eigenvalue weighted by molar-refractivity contribution is -0.254. The fraction of sp³-hybridized carbons (Fsp3) is 0.857. The van der Waals surface area contributed by atoms with Gasteiger partial charge in [0, 0.05) is 19.6 Å². The molecule has 3 fully saturated rings. The van der Waals surface area contributed by atoms with E-state index < -0.39 is 64.1 Å². The van der Waals surface area contributed by atoms with E-state index in [4.69, 9.17) is 23.1 Å². The minimum atomic E-state index is -2.66. The molecule has 0 spiro atoms. The van der Waals surface area contributed by atoms with Crippen LogP contribution in [0.4, 0.5) is 0 Å². The normalized spacial score (nSPS) is 29.6. The third-order valence-electron chi connectivity index (χ3n) is 13.5. The summed E-state index contributed by atoms with van der Waals surface area (Å²) >= 11 is 0. The molecule has 0 aromatic rings. The molecule has 13 heteroatoms. The quantitative estimate of drug-likeness (QED) is 0.0698. The fourth-order valence-corrected chi connectivity index (χ4v) is 10.6. The Kier molecular flexibility index (Phi) is 16.2. The standard InChI is InChI=1S/C42H75NO10Si2/c1-15-18-31-22-20-29(3)42(51-31,53-55(13,14)41(7,8)9)37(46)38(47)43-24-17-16-19-32(43)39(48)50-34(27-36(44)45)28(2)25-30-21-23-33(35(26-30)49-10)52-54(11,12)40(4,5)6/h15,28-35H,1,16-27H2,2-14H3,(H,44,45)/t28-,29-,30?,31-,32+,33-,34+,35-,42?/m1/s1. The van der Waals surface area contributed by atoms with Crippen LogP contribution in [-0.4, -0.2) is 100 Å². The number of Topliss-reactive ketones (excluding diaryl/α,β-unsaturated/α-hetero) is 1. The Hall–Kier alpha value is -1.91. The first-order chi connectivity index (χ1) is 25.3. The average Bonchev–Trinajstić information content (AvgIpc) is 3.08. The number of esters is 1. The van der Waals surface area contributed by atoms with Crippen molar-refractivity contribution in [1.82, 2.24) is 4.90 Å². The number of ketones is 1. The molecule has 1 N–H and O–H groups in total. The van der Waals surface area contributed by atoms with E-state index in [0.29, 0.717) is 44.9 Å². The number of rotatable bonds is 16. The number of carboxylic acids is 1. The Morgan fingerprint density at radius 3 is 2.15 bits per heavy atom. The predicted molar refractivity (Wildman–Crippen MR) is 220 cm³/mol. The molecule has 2 aliphatic heterocycles. The number of carbonyl (C=O) groups excluding carboxylic acids is 3. The second-order valence-corrected chi connectivity index (χ2v) is 29.2. The summed E-state index contributed by atoms with van der Waals surface area (Å²) in [6.07, 6.45) is 6.68. The Morgan fingerprint density at radius 2 is 1.58 bits per heavy atom. The number of nitrogens with zero attached hydrogens (tertiary/aromatic N) is 1. The monoisotopic (exact) mass is 809 g/mol. The molecule has 0 aromatic heterocycles. The van der Waals surface area contributed by atoms with Crippen molar-refractivity contribution in [1.29, 1.82) is 0 Å². The van der Waals surface area contributed by atoms with Gasteiger partial charge in [-0.3, -0.25) is 14.4 Å². The van der Waals surface area contributed by atoms with Crippen LogP contribution in [0.1, 0.15) is 126 Å². The van der Waals surface area contributed by atoms with Crippen LogP contribution in [0.3, 0.4) is 0 Å². The first-order valence-electron chi connectivity index (χ1n) is 20.8. The lowest BCUT2D eigenvalue weighted by Gasteiger charge is -2.50. The molecule has 11 nitrogen and oxygen atoms in total. The summed E-state index contributed by atoms with van der Waals surface area (Å²) in [5, 5.41) is 9.71. The molecular weight excluding hydrogens is 735 g/mol. The van der Waals surface area contributed by atoms with Crippen molar-refractivity contribution in [2.45, 2.75) is 199 Å². The van der Waals surface area contributed by atoms with Crippen LogP contribution in [0.15, 0.2) is 12.7 Å². The van der Waals surface area contributed by atoms with Crippen LogP contribution in [0.5, 0.6) is 0 Å². The zero-order chi connectivity index (χ0) is 41.7. The van der Waals surface area contributed by atoms with Crippen LogP contribution in [0.2, 0.25) is 36.3 Å². The average molecular weight is 810 g/mol. The minimum absolute atomic E-state index is 0.00362. The Labute approximate surface area is 334 Å². The number of carboxylic acid groups (broad SMARTS) is 1. The van der Waals surface area contributed by atoms with Gasteiger partial charge in [0.1, 0.15) is 12.1 Å². The van der Waals surface area contributed by atoms with E-state index in [1.165, 1.54) is 4.90 Å². The SMILES string of the molecule is C=CC[C@@H]1CC[C@@H](C)C(O[Si](C)(C)C(C)(C)C)(C(=O)C(=O)N2CCCC[C@H]2C(=O)O[C@@H](CC(=O)O)[C@H](C)CC2CC[C@@H](O[Si](C)(C)C(C)(C)C)[C@H](OC)C2)O1. The summed E-state index contributed by atoms with van der Waals surface area (Å²) in [6.45, 7) is 29.4. The first kappa shape index (κ1) is 47.5. The highest BCUT2D eigenvalue weighted by Gasteiger charge is 2.58. The van der Waals surface area contributed by atoms with Crippen molar-refractivity contribution in [2.75, 3.05) is 13.7 Å². The molecule has 316 valence electrons. The third-order valence-corrected chi connectivity index (χ3v) is 22.4. The minimum Gasteiger partial charge on any atom is -0.481 e. The molecular formula is C42H75NO10Si2. The van der Waals surface area contributed by atoms with E-state index in [9.17, 15) is 24.3 Å². The van der Waals surface area contributed by atoms with Gasteiger partial charge in [0.25, 0.3) is 11.7 Å². The van der Waals surface area contributed by atoms with Crippen LogP contribution >= 0.6 is 0 Å². The van der Waals surface area contributed by atoms with Crippen molar-refractivity contribution in [3.8, 4) is 0 Å². The van der Waals surface area contributed by atoms with Crippen molar-refractivity contribution in [3.63, 3.8) is 0 Å². The highest BCUT2D eigenvalue weighted by Crippen LogP contribution is 2.46. The van der Waals surface area contributed by atoms with Crippen LogP contribution in [-0.2, 0) is 42.2 Å². The summed E-state index contributed by atoms with van der Waals surface area (Å²) in [6, 6.07) is -1.03. The van der Waals surface area contributed by atoms with Crippen LogP contribution < -0.4 is 0 Å². The maximum Gasteiger partial charge on any atom is 0.329 e. The number of aliphatic carboxylic acids is 1. The summed E-state index contributed by atoms with van der Waals surface area (Å²) in [4.78, 5) is 56.6. The van der Waals surface area contributed by atoms with Crippen molar-refractivity contribution in [2.24, 2.45) is 17.8 Å². The van der Waals surface area contributed by atoms with Crippen molar-refractivity contribution >= 4 is 40.3 Å². The molecule has 55 heavy (non-hydrogen) atoms. The molecule has 9 atom stereocenters. The Bertz CT molecular complexity index is 1360. The van der Waals surface area contributed by atoms with Gasteiger partial charge in [-0.2, -0.15) is 0 Å². The van der Waals surface area contributed by atoms with E-state index >= 15 is 0 Å². The Morgan fingerprint density at radius 1 is 0.945 bits per heavy atom. The van der Waals surface area contributed by atoms with Gasteiger partial charge in [-0.25, -0.2) is 4.79 Å². The Balaban J connectivity index is 1.82. The van der Waals surface area contributed by atoms with Gasteiger partial charge in [0.2, 0.25) is 5.79 Å². The van der Waals surface area contributed by atoms with Gasteiger partial charge >= 0.3 is 11.9 Å². The van der Waals surface area contributed by atoms with Crippen molar-refractivity contribution in [3.05, 3.63) is 12.7 Å². The largest absolute Gasteiger partial charge is 0.481 e. The molecule has 0 bridgehead atoms. The lowest BCUT2D eigenvalue weighted by atomic mass is 9.79. The number of likely N-dealkylation sites (tertiary alicyclic amines) is 1. The van der Waals surface area contributed by atoms with Crippen LogP contribution in [0, 0.1) is 17.8 Å². The van der Waals surface area contributed by atoms with Gasteiger partial charge in [-0.05, 0) is 112 Å². The van der Waals surface area contributed by atoms with E-state index in [2.05, 4.69) is 61.2 Å². The van der Waals surface area contributed by atoms with Gasteiger partial charge in [-0.1, -0.05) is 61.5 Å². The molecule has 1 saturated carbocycles. The first-order valence-corrected chi connectivity index (χ1v) is 26.6. The van der Waals surface area contributed by atoms with Crippen molar-refractivity contribution < 1.29 is 47.3 Å². The molecule has 3 rings (SSSR count). The molecule has 2 heterocycles. The van der Waals surface area contributed by atoms with Gasteiger partial charge < -0.3 is 33.1 Å². The number of hydrogen-bond donors (Lipinski definition) is 1. The second kappa shape index (κ2) is 18.8. The summed E-state index contributed by atoms with van der Waals surface area (Å²) in [5.41, 5.74) is 0. The molecule has 2 saturated heterocycles. The highest BCUT2D eigenvalue weighted by molar-refractivity contribution is 6.74. The maximum absolute atomic E-state index is 14.7. The van der Waals surface area contributed by atoms with E-state index in [1.54, 1.807) is 13.2 Å².